The molecule has 0 atom stereocenters. The molecule has 0 aliphatic carbocycles. The Morgan fingerprint density at radius 2 is 1.92 bits per heavy atom. The molecule has 1 amide bonds. The fourth-order valence-electron chi connectivity index (χ4n) is 2.85. The maximum Gasteiger partial charge on any atom is 0.324 e. The van der Waals surface area contributed by atoms with Crippen molar-refractivity contribution in [2.45, 2.75) is 0 Å². The molecule has 0 saturated carbocycles. The van der Waals surface area contributed by atoms with Crippen LogP contribution >= 0.6 is 11.3 Å². The lowest BCUT2D eigenvalue weighted by Gasteiger charge is -2.36. The summed E-state index contributed by atoms with van der Waals surface area (Å²) in [7, 11) is 1.65. The van der Waals surface area contributed by atoms with Crippen molar-refractivity contribution in [3.8, 4) is 5.75 Å². The van der Waals surface area contributed by atoms with Crippen LogP contribution in [-0.2, 0) is 4.79 Å². The van der Waals surface area contributed by atoms with E-state index in [1.807, 2.05) is 24.3 Å². The van der Waals surface area contributed by atoms with Gasteiger partial charge in [0.15, 0.2) is 0 Å². The summed E-state index contributed by atoms with van der Waals surface area (Å²) >= 11 is 1.05. The molecular formula is C18H19N3O4S. The molecule has 0 N–H and O–H groups in total. The van der Waals surface area contributed by atoms with E-state index < -0.39 is 4.92 Å². The highest BCUT2D eigenvalue weighted by Crippen LogP contribution is 2.28. The molecule has 0 spiro atoms. The van der Waals surface area contributed by atoms with Crippen LogP contribution in [0.1, 0.15) is 4.88 Å². The molecule has 7 nitrogen and oxygen atoms in total. The second-order valence-corrected chi connectivity index (χ2v) is 6.84. The normalized spacial score (nSPS) is 14.7. The van der Waals surface area contributed by atoms with Crippen molar-refractivity contribution < 1.29 is 14.5 Å². The van der Waals surface area contributed by atoms with Crippen molar-refractivity contribution >= 4 is 34.0 Å². The van der Waals surface area contributed by atoms with Crippen LogP contribution in [0.3, 0.4) is 0 Å². The van der Waals surface area contributed by atoms with Crippen LogP contribution in [0, 0.1) is 10.1 Å². The Labute approximate surface area is 155 Å². The molecule has 2 aromatic rings. The summed E-state index contributed by atoms with van der Waals surface area (Å²) in [5, 5.41) is 10.8. The summed E-state index contributed by atoms with van der Waals surface area (Å²) in [6, 6.07) is 10.9. The van der Waals surface area contributed by atoms with Gasteiger partial charge < -0.3 is 14.5 Å². The van der Waals surface area contributed by atoms with Crippen molar-refractivity contribution in [3.63, 3.8) is 0 Å². The quantitative estimate of drug-likeness (QED) is 0.457. The maximum absolute atomic E-state index is 12.3. The number of carbonyl (C=O) groups excluding carboxylic acids is 1. The molecule has 0 radical (unpaired) electrons. The maximum atomic E-state index is 12.3. The van der Waals surface area contributed by atoms with Crippen LogP contribution in [-0.4, -0.2) is 49.0 Å². The standard InChI is InChI=1S/C18H19N3O4S/c1-25-16-5-3-2-4-15(16)19-10-12-20(13-11-19)17(22)8-6-14-7-9-18(26-14)21(23)24/h2-9H,10-13H2,1H3/b8-6+. The first-order valence-electron chi connectivity index (χ1n) is 8.17. The summed E-state index contributed by atoms with van der Waals surface area (Å²) in [4.78, 5) is 27.3. The van der Waals surface area contributed by atoms with E-state index in [0.717, 1.165) is 35.9 Å². The van der Waals surface area contributed by atoms with E-state index >= 15 is 0 Å². The minimum Gasteiger partial charge on any atom is -0.495 e. The number of anilines is 1. The van der Waals surface area contributed by atoms with E-state index in [9.17, 15) is 14.9 Å². The third-order valence-electron chi connectivity index (χ3n) is 4.20. The van der Waals surface area contributed by atoms with Gasteiger partial charge >= 0.3 is 5.00 Å². The highest BCUT2D eigenvalue weighted by Gasteiger charge is 2.21. The number of nitro groups is 1. The second kappa shape index (κ2) is 8.01. The van der Waals surface area contributed by atoms with Gasteiger partial charge in [-0.05, 0) is 24.3 Å². The number of para-hydroxylation sites is 2. The van der Waals surface area contributed by atoms with E-state index in [0.29, 0.717) is 18.0 Å². The lowest BCUT2D eigenvalue weighted by Crippen LogP contribution is -2.48. The highest BCUT2D eigenvalue weighted by molar-refractivity contribution is 7.16. The van der Waals surface area contributed by atoms with Gasteiger partial charge in [0.25, 0.3) is 0 Å². The van der Waals surface area contributed by atoms with Crippen LogP contribution in [0.4, 0.5) is 10.7 Å². The SMILES string of the molecule is COc1ccccc1N1CCN(C(=O)/C=C/c2ccc([N+](=O)[O-])s2)CC1. The number of benzene rings is 1. The second-order valence-electron chi connectivity index (χ2n) is 5.75. The molecular weight excluding hydrogens is 354 g/mol. The number of rotatable bonds is 5. The minimum absolute atomic E-state index is 0.0718. The average molecular weight is 373 g/mol. The fraction of sp³-hybridized carbons (Fsp3) is 0.278. The summed E-state index contributed by atoms with van der Waals surface area (Å²) in [5.41, 5.74) is 1.03. The first-order chi connectivity index (χ1) is 12.6. The third-order valence-corrected chi connectivity index (χ3v) is 5.20. The van der Waals surface area contributed by atoms with E-state index in [1.165, 1.54) is 12.1 Å². The van der Waals surface area contributed by atoms with Crippen LogP contribution in [0.25, 0.3) is 6.08 Å². The zero-order valence-electron chi connectivity index (χ0n) is 14.3. The van der Waals surface area contributed by atoms with E-state index in [-0.39, 0.29) is 10.9 Å². The van der Waals surface area contributed by atoms with Crippen LogP contribution < -0.4 is 9.64 Å². The predicted octanol–water partition coefficient (Wildman–Crippen LogP) is 3.03. The Bertz CT molecular complexity index is 825. The molecule has 8 heteroatoms. The Balaban J connectivity index is 1.58. The molecule has 2 heterocycles. The van der Waals surface area contributed by atoms with Gasteiger partial charge in [-0.1, -0.05) is 23.5 Å². The number of ether oxygens (including phenoxy) is 1. The summed E-state index contributed by atoms with van der Waals surface area (Å²) in [6.07, 6.45) is 3.11. The number of amides is 1. The first kappa shape index (κ1) is 17.9. The summed E-state index contributed by atoms with van der Waals surface area (Å²) < 4.78 is 5.40. The lowest BCUT2D eigenvalue weighted by molar-refractivity contribution is -0.380. The van der Waals surface area contributed by atoms with Gasteiger partial charge in [0, 0.05) is 43.2 Å². The molecule has 0 unspecified atom stereocenters. The topological polar surface area (TPSA) is 75.9 Å². The number of carbonyl (C=O) groups is 1. The molecule has 26 heavy (non-hydrogen) atoms. The van der Waals surface area contributed by atoms with E-state index in [1.54, 1.807) is 24.2 Å². The molecule has 1 aliphatic rings. The number of hydrogen-bond acceptors (Lipinski definition) is 6. The van der Waals surface area contributed by atoms with Gasteiger partial charge in [0.1, 0.15) is 5.75 Å². The molecule has 1 fully saturated rings. The fourth-order valence-corrected chi connectivity index (χ4v) is 3.57. The number of hydrogen-bond donors (Lipinski definition) is 0. The zero-order chi connectivity index (χ0) is 18.5. The monoisotopic (exact) mass is 373 g/mol. The molecule has 1 saturated heterocycles. The van der Waals surface area contributed by atoms with Gasteiger partial charge in [0.05, 0.1) is 17.7 Å². The predicted molar refractivity (Wildman–Crippen MR) is 102 cm³/mol. The van der Waals surface area contributed by atoms with Crippen LogP contribution in [0.5, 0.6) is 5.75 Å². The van der Waals surface area contributed by atoms with Crippen molar-refractivity contribution in [1.29, 1.82) is 0 Å². The number of nitrogens with zero attached hydrogens (tertiary/aromatic N) is 3. The number of piperazine rings is 1. The Morgan fingerprint density at radius 1 is 1.19 bits per heavy atom. The lowest BCUT2D eigenvalue weighted by atomic mass is 10.2. The smallest absolute Gasteiger partial charge is 0.324 e. The molecule has 0 bridgehead atoms. The van der Waals surface area contributed by atoms with Crippen molar-refractivity contribution in [1.82, 2.24) is 4.90 Å². The summed E-state index contributed by atoms with van der Waals surface area (Å²) in [5.74, 6) is 0.743. The molecule has 136 valence electrons. The van der Waals surface area contributed by atoms with Gasteiger partial charge in [-0.3, -0.25) is 14.9 Å². The van der Waals surface area contributed by atoms with Gasteiger partial charge in [0.2, 0.25) is 5.91 Å². The van der Waals surface area contributed by atoms with Crippen molar-refractivity contribution in [2.24, 2.45) is 0 Å². The Hall–Kier alpha value is -2.87. The third kappa shape index (κ3) is 4.02. The molecule has 1 aliphatic heterocycles. The first-order valence-corrected chi connectivity index (χ1v) is 8.99. The van der Waals surface area contributed by atoms with Crippen molar-refractivity contribution in [3.05, 3.63) is 57.5 Å². The van der Waals surface area contributed by atoms with Gasteiger partial charge in [-0.25, -0.2) is 0 Å². The summed E-state index contributed by atoms with van der Waals surface area (Å²) in [6.45, 7) is 2.69. The minimum atomic E-state index is -0.430. The van der Waals surface area contributed by atoms with Gasteiger partial charge in [-0.2, -0.15) is 0 Å². The largest absolute Gasteiger partial charge is 0.495 e. The zero-order valence-corrected chi connectivity index (χ0v) is 15.1. The van der Waals surface area contributed by atoms with E-state index in [4.69, 9.17) is 4.74 Å². The van der Waals surface area contributed by atoms with Crippen LogP contribution in [0.15, 0.2) is 42.5 Å². The molecule has 1 aromatic carbocycles. The number of thiophene rings is 1. The van der Waals surface area contributed by atoms with E-state index in [2.05, 4.69) is 4.90 Å². The average Bonchev–Trinajstić information content (AvgIpc) is 3.15. The molecule has 1 aromatic heterocycles. The number of methoxy groups -OCH3 is 1. The molecule has 3 rings (SSSR count). The highest BCUT2D eigenvalue weighted by atomic mass is 32.1. The van der Waals surface area contributed by atoms with Crippen LogP contribution in [0.2, 0.25) is 0 Å². The Morgan fingerprint density at radius 3 is 2.58 bits per heavy atom. The van der Waals surface area contributed by atoms with Crippen molar-refractivity contribution in [2.75, 3.05) is 38.2 Å². The Kier molecular flexibility index (Phi) is 5.52. The van der Waals surface area contributed by atoms with Gasteiger partial charge in [-0.15, -0.1) is 0 Å².